The molecule has 1 heterocycles. The molecule has 204 valence electrons. The normalized spacial score (nSPS) is 14.4. The summed E-state index contributed by atoms with van der Waals surface area (Å²) in [6.07, 6.45) is -0.879. The Morgan fingerprint density at radius 1 is 1.00 bits per heavy atom. The molecular weight excluding hydrogens is 527 g/mol. The van der Waals surface area contributed by atoms with E-state index >= 15 is 0 Å². The molecule has 6 nitrogen and oxygen atoms in total. The van der Waals surface area contributed by atoms with Crippen LogP contribution in [0, 0.1) is 0 Å². The topological polar surface area (TPSA) is 81.1 Å². The molecule has 0 saturated heterocycles. The third-order valence-corrected chi connectivity index (χ3v) is 8.97. The van der Waals surface area contributed by atoms with Crippen LogP contribution in [0.15, 0.2) is 71.6 Å². The molecule has 1 aliphatic carbocycles. The summed E-state index contributed by atoms with van der Waals surface area (Å²) in [7, 11) is -3.29. The van der Waals surface area contributed by atoms with Gasteiger partial charge in [0.15, 0.2) is 9.84 Å². The third kappa shape index (κ3) is 5.71. The molecule has 10 heteroatoms. The van der Waals surface area contributed by atoms with Crippen molar-refractivity contribution in [2.24, 2.45) is 0 Å². The van der Waals surface area contributed by atoms with Gasteiger partial charge < -0.3 is 9.88 Å². The van der Waals surface area contributed by atoms with E-state index in [1.807, 2.05) is 6.07 Å². The fourth-order valence-corrected chi connectivity index (χ4v) is 5.61. The van der Waals surface area contributed by atoms with Gasteiger partial charge in [-0.15, -0.1) is 0 Å². The first-order valence-corrected chi connectivity index (χ1v) is 14.5. The predicted octanol–water partition coefficient (Wildman–Crippen LogP) is 6.09. The number of carbonyl (C=O) groups excluding carboxylic acids is 1. The number of sulfone groups is 1. The number of halogens is 3. The standard InChI is InChI=1S/C29H28F3N3O3S/c1-2-39(37,38)24-13-8-20(9-14-24)18-33-28(36)21-10-15-26-25(17-21)34-27(35(26)23-4-3-5-23)16-19-6-11-22(12-7-19)29(30,31)32/h6-15,17,23H,2-5,16,18H2,1H3,(H,33,36). The molecule has 0 spiro atoms. The van der Waals surface area contributed by atoms with Crippen molar-refractivity contribution in [2.45, 2.75) is 56.3 Å². The maximum atomic E-state index is 13.0. The van der Waals surface area contributed by atoms with E-state index in [9.17, 15) is 26.4 Å². The van der Waals surface area contributed by atoms with E-state index in [2.05, 4.69) is 9.88 Å². The van der Waals surface area contributed by atoms with E-state index in [-0.39, 0.29) is 29.1 Å². The van der Waals surface area contributed by atoms with E-state index in [1.54, 1.807) is 31.2 Å². The largest absolute Gasteiger partial charge is 0.416 e. The van der Waals surface area contributed by atoms with Crippen LogP contribution in [0.3, 0.4) is 0 Å². The monoisotopic (exact) mass is 555 g/mol. The van der Waals surface area contributed by atoms with Gasteiger partial charge in [-0.2, -0.15) is 13.2 Å². The van der Waals surface area contributed by atoms with Gasteiger partial charge in [0.25, 0.3) is 5.91 Å². The number of nitrogens with zero attached hydrogens (tertiary/aromatic N) is 2. The minimum absolute atomic E-state index is 0.0219. The number of fused-ring (bicyclic) bond motifs is 1. The summed E-state index contributed by atoms with van der Waals surface area (Å²) in [5.41, 5.74) is 2.81. The number of alkyl halides is 3. The molecule has 0 bridgehead atoms. The number of hydrogen-bond donors (Lipinski definition) is 1. The van der Waals surface area contributed by atoms with Crippen molar-refractivity contribution in [2.75, 3.05) is 5.75 Å². The zero-order chi connectivity index (χ0) is 27.8. The van der Waals surface area contributed by atoms with Crippen LogP contribution in [0.2, 0.25) is 0 Å². The SMILES string of the molecule is CCS(=O)(=O)c1ccc(CNC(=O)c2ccc3c(c2)nc(Cc2ccc(C(F)(F)F)cc2)n3C2CCC2)cc1. The van der Waals surface area contributed by atoms with Gasteiger partial charge in [0.2, 0.25) is 0 Å². The molecule has 0 atom stereocenters. The lowest BCUT2D eigenvalue weighted by Crippen LogP contribution is -2.22. The van der Waals surface area contributed by atoms with Crippen LogP contribution in [-0.2, 0) is 29.0 Å². The van der Waals surface area contributed by atoms with Crippen LogP contribution in [0.1, 0.15) is 65.1 Å². The molecule has 4 aromatic rings. The maximum Gasteiger partial charge on any atom is 0.416 e. The highest BCUT2D eigenvalue weighted by Gasteiger charge is 2.30. The predicted molar refractivity (Wildman–Crippen MR) is 142 cm³/mol. The summed E-state index contributed by atoms with van der Waals surface area (Å²) in [6.45, 7) is 1.83. The molecule has 1 fully saturated rings. The quantitative estimate of drug-likeness (QED) is 0.285. The zero-order valence-electron chi connectivity index (χ0n) is 21.3. The molecule has 0 unspecified atom stereocenters. The van der Waals surface area contributed by atoms with Crippen molar-refractivity contribution in [3.05, 3.63) is 94.8 Å². The minimum atomic E-state index is -4.38. The Bertz CT molecular complexity index is 1610. The molecule has 0 aliphatic heterocycles. The van der Waals surface area contributed by atoms with E-state index in [1.165, 1.54) is 24.3 Å². The van der Waals surface area contributed by atoms with E-state index in [4.69, 9.17) is 4.98 Å². The fraction of sp³-hybridized carbons (Fsp3) is 0.310. The van der Waals surface area contributed by atoms with Gasteiger partial charge in [0.05, 0.1) is 27.2 Å². The average molecular weight is 556 g/mol. The second kappa shape index (κ2) is 10.5. The van der Waals surface area contributed by atoms with Gasteiger partial charge in [0.1, 0.15) is 5.82 Å². The lowest BCUT2D eigenvalue weighted by atomic mass is 9.92. The summed E-state index contributed by atoms with van der Waals surface area (Å²) in [5.74, 6) is 0.493. The molecule has 1 saturated carbocycles. The minimum Gasteiger partial charge on any atom is -0.348 e. The average Bonchev–Trinajstić information content (AvgIpc) is 3.23. The van der Waals surface area contributed by atoms with E-state index < -0.39 is 21.6 Å². The Labute approximate surface area is 224 Å². The Balaban J connectivity index is 1.34. The summed E-state index contributed by atoms with van der Waals surface area (Å²) < 4.78 is 65.0. The Morgan fingerprint density at radius 3 is 2.26 bits per heavy atom. The number of aromatic nitrogens is 2. The van der Waals surface area contributed by atoms with Crippen molar-refractivity contribution in [3.63, 3.8) is 0 Å². The van der Waals surface area contributed by atoms with Gasteiger partial charge >= 0.3 is 6.18 Å². The highest BCUT2D eigenvalue weighted by atomic mass is 32.2. The van der Waals surface area contributed by atoms with Crippen LogP contribution < -0.4 is 5.32 Å². The zero-order valence-corrected chi connectivity index (χ0v) is 22.1. The summed E-state index contributed by atoms with van der Waals surface area (Å²) >= 11 is 0. The number of hydrogen-bond acceptors (Lipinski definition) is 4. The molecule has 1 aliphatic rings. The van der Waals surface area contributed by atoms with Gasteiger partial charge in [-0.3, -0.25) is 4.79 Å². The van der Waals surface area contributed by atoms with Crippen molar-refractivity contribution in [1.29, 1.82) is 0 Å². The molecule has 1 aromatic heterocycles. The molecule has 1 N–H and O–H groups in total. The second-order valence-corrected chi connectivity index (χ2v) is 12.1. The van der Waals surface area contributed by atoms with Crippen molar-refractivity contribution >= 4 is 26.8 Å². The first-order chi connectivity index (χ1) is 18.5. The third-order valence-electron chi connectivity index (χ3n) is 7.22. The highest BCUT2D eigenvalue weighted by Crippen LogP contribution is 2.36. The van der Waals surface area contributed by atoms with Gasteiger partial charge in [-0.05, 0) is 72.9 Å². The molecule has 39 heavy (non-hydrogen) atoms. The lowest BCUT2D eigenvalue weighted by Gasteiger charge is -2.29. The number of benzene rings is 3. The van der Waals surface area contributed by atoms with Gasteiger partial charge in [-0.1, -0.05) is 31.2 Å². The maximum absolute atomic E-state index is 13.0. The Hall–Kier alpha value is -3.66. The van der Waals surface area contributed by atoms with Crippen LogP contribution in [0.5, 0.6) is 0 Å². The number of imidazole rings is 1. The fourth-order valence-electron chi connectivity index (χ4n) is 4.73. The van der Waals surface area contributed by atoms with Crippen molar-refractivity contribution in [1.82, 2.24) is 14.9 Å². The summed E-state index contributed by atoms with van der Waals surface area (Å²) in [5, 5.41) is 2.86. The first kappa shape index (κ1) is 26.9. The molecule has 3 aromatic carbocycles. The molecular formula is C29H28F3N3O3S. The molecule has 5 rings (SSSR count). The van der Waals surface area contributed by atoms with Crippen LogP contribution in [-0.4, -0.2) is 29.6 Å². The van der Waals surface area contributed by atoms with E-state index in [0.717, 1.165) is 53.9 Å². The lowest BCUT2D eigenvalue weighted by molar-refractivity contribution is -0.137. The number of rotatable bonds is 8. The number of nitrogens with one attached hydrogen (secondary N) is 1. The van der Waals surface area contributed by atoms with Crippen LogP contribution in [0.25, 0.3) is 11.0 Å². The number of carbonyl (C=O) groups is 1. The highest BCUT2D eigenvalue weighted by molar-refractivity contribution is 7.91. The van der Waals surface area contributed by atoms with Crippen LogP contribution in [0.4, 0.5) is 13.2 Å². The summed E-state index contributed by atoms with van der Waals surface area (Å²) in [6, 6.07) is 17.2. The van der Waals surface area contributed by atoms with E-state index in [0.29, 0.717) is 17.5 Å². The van der Waals surface area contributed by atoms with Gasteiger partial charge in [0, 0.05) is 24.6 Å². The Morgan fingerprint density at radius 2 is 1.67 bits per heavy atom. The smallest absolute Gasteiger partial charge is 0.348 e. The molecule has 0 radical (unpaired) electrons. The summed E-state index contributed by atoms with van der Waals surface area (Å²) in [4.78, 5) is 17.9. The molecule has 1 amide bonds. The second-order valence-electron chi connectivity index (χ2n) is 9.79. The van der Waals surface area contributed by atoms with Gasteiger partial charge in [-0.25, -0.2) is 13.4 Å². The number of amides is 1. The van der Waals surface area contributed by atoms with Crippen LogP contribution >= 0.6 is 0 Å². The van der Waals surface area contributed by atoms with Crippen molar-refractivity contribution in [3.8, 4) is 0 Å². The first-order valence-electron chi connectivity index (χ1n) is 12.8. The van der Waals surface area contributed by atoms with Crippen molar-refractivity contribution < 1.29 is 26.4 Å². The Kier molecular flexibility index (Phi) is 7.24.